The van der Waals surface area contributed by atoms with Gasteiger partial charge in [0.2, 0.25) is 0 Å². The summed E-state index contributed by atoms with van der Waals surface area (Å²) < 4.78 is 0. The molecule has 1 unspecified atom stereocenters. The van der Waals surface area contributed by atoms with Crippen LogP contribution in [0.1, 0.15) is 30.7 Å². The molecule has 1 aromatic heterocycles. The van der Waals surface area contributed by atoms with E-state index in [1.54, 1.807) is 0 Å². The minimum absolute atomic E-state index is 0.405. The van der Waals surface area contributed by atoms with Gasteiger partial charge in [0, 0.05) is 18.3 Å². The molecule has 0 bridgehead atoms. The first-order valence-electron chi connectivity index (χ1n) is 6.52. The van der Waals surface area contributed by atoms with Crippen LogP contribution in [0.3, 0.4) is 0 Å². The van der Waals surface area contributed by atoms with E-state index in [-0.39, 0.29) is 0 Å². The third-order valence-corrected chi connectivity index (χ3v) is 3.45. The van der Waals surface area contributed by atoms with Crippen LogP contribution in [0.4, 0.5) is 0 Å². The third-order valence-electron chi connectivity index (χ3n) is 3.45. The van der Waals surface area contributed by atoms with Crippen LogP contribution in [0.5, 0.6) is 0 Å². The van der Waals surface area contributed by atoms with Gasteiger partial charge in [0.1, 0.15) is 0 Å². The molecular weight excluding hydrogens is 210 g/mol. The van der Waals surface area contributed by atoms with Crippen LogP contribution < -0.4 is 5.73 Å². The predicted molar refractivity (Wildman–Crippen MR) is 70.6 cm³/mol. The molecule has 1 aliphatic carbocycles. The number of pyridine rings is 1. The van der Waals surface area contributed by atoms with Crippen LogP contribution in [-0.2, 0) is 6.54 Å². The van der Waals surface area contributed by atoms with Crippen molar-refractivity contribution in [1.82, 2.24) is 9.88 Å². The van der Waals surface area contributed by atoms with E-state index in [0.29, 0.717) is 6.04 Å². The quantitative estimate of drug-likeness (QED) is 0.816. The predicted octanol–water partition coefficient (Wildman–Crippen LogP) is 1.95. The molecule has 3 nitrogen and oxygen atoms in total. The van der Waals surface area contributed by atoms with Crippen molar-refractivity contribution in [2.75, 3.05) is 13.6 Å². The van der Waals surface area contributed by atoms with Gasteiger partial charge < -0.3 is 10.6 Å². The summed E-state index contributed by atoms with van der Waals surface area (Å²) in [5.74, 6) is 0.806. The van der Waals surface area contributed by atoms with Crippen LogP contribution in [0.15, 0.2) is 18.2 Å². The van der Waals surface area contributed by atoms with Crippen LogP contribution in [-0.4, -0.2) is 29.5 Å². The zero-order chi connectivity index (χ0) is 12.3. The van der Waals surface area contributed by atoms with E-state index >= 15 is 0 Å². The minimum Gasteiger partial charge on any atom is -0.327 e. The molecule has 17 heavy (non-hydrogen) atoms. The van der Waals surface area contributed by atoms with E-state index < -0.39 is 0 Å². The summed E-state index contributed by atoms with van der Waals surface area (Å²) in [6.07, 6.45) is 3.78. The van der Waals surface area contributed by atoms with Crippen LogP contribution in [0, 0.1) is 12.8 Å². The van der Waals surface area contributed by atoms with Crippen molar-refractivity contribution < 1.29 is 0 Å². The lowest BCUT2D eigenvalue weighted by molar-refractivity contribution is 0.302. The van der Waals surface area contributed by atoms with E-state index in [1.165, 1.54) is 12.8 Å². The SMILES string of the molecule is Cc1cccc(CN(C)CCC(N)C2CC2)n1. The molecule has 0 saturated heterocycles. The largest absolute Gasteiger partial charge is 0.327 e. The summed E-state index contributed by atoms with van der Waals surface area (Å²) >= 11 is 0. The first kappa shape index (κ1) is 12.5. The van der Waals surface area contributed by atoms with Crippen molar-refractivity contribution in [3.8, 4) is 0 Å². The number of rotatable bonds is 6. The smallest absolute Gasteiger partial charge is 0.0547 e. The Morgan fingerprint density at radius 1 is 1.47 bits per heavy atom. The van der Waals surface area contributed by atoms with Gasteiger partial charge in [-0.2, -0.15) is 0 Å². The fraction of sp³-hybridized carbons (Fsp3) is 0.643. The summed E-state index contributed by atoms with van der Waals surface area (Å²) in [5, 5.41) is 0. The fourth-order valence-electron chi connectivity index (χ4n) is 2.17. The van der Waals surface area contributed by atoms with Gasteiger partial charge in [0.25, 0.3) is 0 Å². The Morgan fingerprint density at radius 3 is 2.88 bits per heavy atom. The van der Waals surface area contributed by atoms with Gasteiger partial charge in [0.05, 0.1) is 5.69 Å². The summed E-state index contributed by atoms with van der Waals surface area (Å²) in [6, 6.07) is 6.60. The Bertz CT molecular complexity index is 360. The van der Waals surface area contributed by atoms with E-state index in [2.05, 4.69) is 29.1 Å². The molecule has 0 amide bonds. The molecule has 94 valence electrons. The number of aromatic nitrogens is 1. The number of aryl methyl sites for hydroxylation is 1. The molecule has 1 heterocycles. The maximum atomic E-state index is 6.10. The van der Waals surface area contributed by atoms with Crippen LogP contribution in [0.2, 0.25) is 0 Å². The van der Waals surface area contributed by atoms with E-state index in [9.17, 15) is 0 Å². The molecular formula is C14H23N3. The molecule has 0 spiro atoms. The monoisotopic (exact) mass is 233 g/mol. The highest BCUT2D eigenvalue weighted by atomic mass is 15.1. The average molecular weight is 233 g/mol. The second-order valence-corrected chi connectivity index (χ2v) is 5.30. The van der Waals surface area contributed by atoms with E-state index in [4.69, 9.17) is 5.73 Å². The molecule has 0 aromatic carbocycles. The number of nitrogens with two attached hydrogens (primary N) is 1. The minimum atomic E-state index is 0.405. The fourth-order valence-corrected chi connectivity index (χ4v) is 2.17. The van der Waals surface area contributed by atoms with Crippen molar-refractivity contribution in [1.29, 1.82) is 0 Å². The molecule has 1 aromatic rings. The first-order valence-corrected chi connectivity index (χ1v) is 6.52. The summed E-state index contributed by atoms with van der Waals surface area (Å²) in [7, 11) is 2.14. The Balaban J connectivity index is 1.74. The molecule has 0 aliphatic heterocycles. The van der Waals surface area contributed by atoms with Gasteiger partial charge in [-0.3, -0.25) is 4.98 Å². The normalized spacial score (nSPS) is 17.4. The highest BCUT2D eigenvalue weighted by molar-refractivity contribution is 5.09. The second kappa shape index (κ2) is 5.61. The van der Waals surface area contributed by atoms with Gasteiger partial charge in [-0.25, -0.2) is 0 Å². The number of hydrogen-bond acceptors (Lipinski definition) is 3. The third kappa shape index (κ3) is 4.10. The van der Waals surface area contributed by atoms with Crippen LogP contribution in [0.25, 0.3) is 0 Å². The Kier molecular flexibility index (Phi) is 4.13. The lowest BCUT2D eigenvalue weighted by Gasteiger charge is -2.19. The maximum Gasteiger partial charge on any atom is 0.0547 e. The first-order chi connectivity index (χ1) is 8.15. The molecule has 2 rings (SSSR count). The highest BCUT2D eigenvalue weighted by Gasteiger charge is 2.28. The molecule has 1 aliphatic rings. The van der Waals surface area contributed by atoms with Crippen molar-refractivity contribution in [2.45, 2.75) is 38.8 Å². The van der Waals surface area contributed by atoms with Crippen molar-refractivity contribution in [3.05, 3.63) is 29.6 Å². The number of hydrogen-bond donors (Lipinski definition) is 1. The lowest BCUT2D eigenvalue weighted by Crippen LogP contribution is -2.29. The van der Waals surface area contributed by atoms with Crippen molar-refractivity contribution in [2.24, 2.45) is 11.7 Å². The zero-order valence-electron chi connectivity index (χ0n) is 10.9. The molecule has 2 N–H and O–H groups in total. The molecule has 0 radical (unpaired) electrons. The summed E-state index contributed by atoms with van der Waals surface area (Å²) in [4.78, 5) is 6.82. The Morgan fingerprint density at radius 2 is 2.24 bits per heavy atom. The zero-order valence-corrected chi connectivity index (χ0v) is 10.9. The van der Waals surface area contributed by atoms with Crippen molar-refractivity contribution in [3.63, 3.8) is 0 Å². The second-order valence-electron chi connectivity index (χ2n) is 5.30. The summed E-state index contributed by atoms with van der Waals surface area (Å²) in [5.41, 5.74) is 8.34. The Hall–Kier alpha value is -0.930. The summed E-state index contributed by atoms with van der Waals surface area (Å²) in [6.45, 7) is 4.01. The van der Waals surface area contributed by atoms with Crippen molar-refractivity contribution >= 4 is 0 Å². The number of nitrogens with zero attached hydrogens (tertiary/aromatic N) is 2. The average Bonchev–Trinajstić information content (AvgIpc) is 3.09. The lowest BCUT2D eigenvalue weighted by atomic mass is 10.1. The van der Waals surface area contributed by atoms with Gasteiger partial charge in [0.15, 0.2) is 0 Å². The topological polar surface area (TPSA) is 42.1 Å². The highest BCUT2D eigenvalue weighted by Crippen LogP contribution is 2.32. The standard InChI is InChI=1S/C14H23N3/c1-11-4-3-5-13(16-11)10-17(2)9-8-14(15)12-6-7-12/h3-5,12,14H,6-10,15H2,1-2H3. The van der Waals surface area contributed by atoms with Crippen LogP contribution >= 0.6 is 0 Å². The molecule has 1 atom stereocenters. The van der Waals surface area contributed by atoms with Gasteiger partial charge in [-0.05, 0) is 57.8 Å². The van der Waals surface area contributed by atoms with Gasteiger partial charge in [-0.15, -0.1) is 0 Å². The van der Waals surface area contributed by atoms with Gasteiger partial charge >= 0.3 is 0 Å². The maximum absolute atomic E-state index is 6.10. The molecule has 1 saturated carbocycles. The molecule has 3 heteroatoms. The van der Waals surface area contributed by atoms with Gasteiger partial charge in [-0.1, -0.05) is 6.07 Å². The Labute approximate surface area is 104 Å². The van der Waals surface area contributed by atoms with E-state index in [0.717, 1.165) is 36.8 Å². The molecule has 1 fully saturated rings. The van der Waals surface area contributed by atoms with E-state index in [1.807, 2.05) is 13.0 Å².